The van der Waals surface area contributed by atoms with E-state index in [0.717, 1.165) is 5.56 Å². The average Bonchev–Trinajstić information content (AvgIpc) is 2.87. The van der Waals surface area contributed by atoms with Crippen LogP contribution in [0.15, 0.2) is 34.9 Å². The Hall–Kier alpha value is -2.35. The zero-order chi connectivity index (χ0) is 15.9. The number of imidazole rings is 1. The SMILES string of the molecule is CCOC(=O)c1nc(NC(=O)OCc2ccccc2)[nH]c1Br. The Morgan fingerprint density at radius 1 is 1.27 bits per heavy atom. The summed E-state index contributed by atoms with van der Waals surface area (Å²) in [5.41, 5.74) is 0.922. The van der Waals surface area contributed by atoms with E-state index in [2.05, 4.69) is 31.2 Å². The van der Waals surface area contributed by atoms with Crippen molar-refractivity contribution in [2.45, 2.75) is 13.5 Å². The molecule has 116 valence electrons. The maximum absolute atomic E-state index is 11.7. The van der Waals surface area contributed by atoms with Gasteiger partial charge in [0.15, 0.2) is 5.69 Å². The number of H-pyrrole nitrogens is 1. The van der Waals surface area contributed by atoms with E-state index in [4.69, 9.17) is 9.47 Å². The predicted octanol–water partition coefficient (Wildman–Crippen LogP) is 3.10. The first-order chi connectivity index (χ1) is 10.6. The van der Waals surface area contributed by atoms with Crippen LogP contribution in [-0.2, 0) is 16.1 Å². The van der Waals surface area contributed by atoms with Gasteiger partial charge in [0.2, 0.25) is 5.95 Å². The van der Waals surface area contributed by atoms with Crippen molar-refractivity contribution >= 4 is 33.9 Å². The van der Waals surface area contributed by atoms with Crippen molar-refractivity contribution in [3.05, 3.63) is 46.2 Å². The number of rotatable bonds is 5. The highest BCUT2D eigenvalue weighted by Gasteiger charge is 2.18. The summed E-state index contributed by atoms with van der Waals surface area (Å²) in [6.45, 7) is 2.07. The van der Waals surface area contributed by atoms with Crippen LogP contribution in [0.25, 0.3) is 0 Å². The summed E-state index contributed by atoms with van der Waals surface area (Å²) in [5.74, 6) is -0.496. The number of esters is 1. The van der Waals surface area contributed by atoms with Crippen molar-refractivity contribution in [1.82, 2.24) is 9.97 Å². The fourth-order valence-corrected chi connectivity index (χ4v) is 2.04. The van der Waals surface area contributed by atoms with Crippen LogP contribution in [0.4, 0.5) is 10.7 Å². The third-order valence-corrected chi connectivity index (χ3v) is 3.14. The number of anilines is 1. The van der Waals surface area contributed by atoms with Crippen LogP contribution in [0.1, 0.15) is 23.0 Å². The summed E-state index contributed by atoms with van der Waals surface area (Å²) < 4.78 is 10.2. The first kappa shape index (κ1) is 16.0. The van der Waals surface area contributed by atoms with Gasteiger partial charge in [0.1, 0.15) is 11.2 Å². The molecule has 0 bridgehead atoms. The third kappa shape index (κ3) is 4.32. The van der Waals surface area contributed by atoms with Gasteiger partial charge in [-0.3, -0.25) is 5.32 Å². The number of aromatic nitrogens is 2. The highest BCUT2D eigenvalue weighted by Crippen LogP contribution is 2.17. The molecule has 1 amide bonds. The first-order valence-corrected chi connectivity index (χ1v) is 7.29. The second-order valence-electron chi connectivity index (χ2n) is 4.16. The molecule has 0 atom stereocenters. The zero-order valence-electron chi connectivity index (χ0n) is 11.8. The summed E-state index contributed by atoms with van der Waals surface area (Å²) in [6.07, 6.45) is -0.680. The Kier molecular flexibility index (Phi) is 5.54. The molecule has 0 unspecified atom stereocenters. The first-order valence-electron chi connectivity index (χ1n) is 6.50. The molecule has 1 heterocycles. The molecule has 1 aromatic heterocycles. The van der Waals surface area contributed by atoms with Crippen LogP contribution in [0.3, 0.4) is 0 Å². The van der Waals surface area contributed by atoms with Gasteiger partial charge in [-0.1, -0.05) is 30.3 Å². The summed E-state index contributed by atoms with van der Waals surface area (Å²) in [6, 6.07) is 9.27. The second kappa shape index (κ2) is 7.60. The van der Waals surface area contributed by atoms with Crippen molar-refractivity contribution in [1.29, 1.82) is 0 Å². The van der Waals surface area contributed by atoms with Gasteiger partial charge in [-0.05, 0) is 28.4 Å². The number of nitrogens with one attached hydrogen (secondary N) is 2. The molecule has 0 saturated heterocycles. The van der Waals surface area contributed by atoms with E-state index < -0.39 is 12.1 Å². The van der Waals surface area contributed by atoms with Gasteiger partial charge < -0.3 is 14.5 Å². The third-order valence-electron chi connectivity index (χ3n) is 2.56. The summed E-state index contributed by atoms with van der Waals surface area (Å²) in [5, 5.41) is 2.40. The summed E-state index contributed by atoms with van der Waals surface area (Å²) in [7, 11) is 0. The second-order valence-corrected chi connectivity index (χ2v) is 4.95. The molecule has 0 aliphatic rings. The van der Waals surface area contributed by atoms with Crippen molar-refractivity contribution in [2.75, 3.05) is 11.9 Å². The van der Waals surface area contributed by atoms with Gasteiger partial charge >= 0.3 is 12.1 Å². The zero-order valence-corrected chi connectivity index (χ0v) is 13.3. The Labute approximate surface area is 135 Å². The Morgan fingerprint density at radius 3 is 2.68 bits per heavy atom. The number of benzene rings is 1. The lowest BCUT2D eigenvalue weighted by Gasteiger charge is -2.04. The average molecular weight is 368 g/mol. The number of aromatic amines is 1. The highest BCUT2D eigenvalue weighted by molar-refractivity contribution is 9.10. The number of carbonyl (C=O) groups is 2. The molecule has 8 heteroatoms. The highest BCUT2D eigenvalue weighted by atomic mass is 79.9. The number of nitrogens with zero attached hydrogens (tertiary/aromatic N) is 1. The van der Waals surface area contributed by atoms with E-state index in [0.29, 0.717) is 4.60 Å². The number of hydrogen-bond acceptors (Lipinski definition) is 5. The number of halogens is 1. The minimum atomic E-state index is -0.680. The van der Waals surface area contributed by atoms with Gasteiger partial charge in [-0.2, -0.15) is 0 Å². The van der Waals surface area contributed by atoms with Gasteiger partial charge in [0.25, 0.3) is 0 Å². The monoisotopic (exact) mass is 367 g/mol. The smallest absolute Gasteiger partial charge is 0.414 e. The predicted molar refractivity (Wildman–Crippen MR) is 82.5 cm³/mol. The van der Waals surface area contributed by atoms with E-state index in [1.807, 2.05) is 30.3 Å². The summed E-state index contributed by atoms with van der Waals surface area (Å²) in [4.78, 5) is 29.9. The normalized spacial score (nSPS) is 10.1. The van der Waals surface area contributed by atoms with Crippen LogP contribution in [0.2, 0.25) is 0 Å². The van der Waals surface area contributed by atoms with Crippen LogP contribution < -0.4 is 5.32 Å². The lowest BCUT2D eigenvalue weighted by atomic mass is 10.2. The Morgan fingerprint density at radius 2 is 2.00 bits per heavy atom. The molecular formula is C14H14BrN3O4. The van der Waals surface area contributed by atoms with E-state index in [9.17, 15) is 9.59 Å². The minimum Gasteiger partial charge on any atom is -0.461 e. The maximum Gasteiger partial charge on any atom is 0.414 e. The van der Waals surface area contributed by atoms with Gasteiger partial charge in [0, 0.05) is 0 Å². The number of hydrogen-bond donors (Lipinski definition) is 2. The molecule has 2 rings (SSSR count). The van der Waals surface area contributed by atoms with Gasteiger partial charge in [-0.15, -0.1) is 0 Å². The lowest BCUT2D eigenvalue weighted by Crippen LogP contribution is -2.14. The van der Waals surface area contributed by atoms with Crippen molar-refractivity contribution in [2.24, 2.45) is 0 Å². The standard InChI is InChI=1S/C14H14BrN3O4/c1-2-21-12(19)10-11(15)17-13(16-10)18-14(20)22-8-9-6-4-3-5-7-9/h3-7H,2,8H2,1H3,(H2,16,17,18,20). The van der Waals surface area contributed by atoms with E-state index in [-0.39, 0.29) is 24.9 Å². The fourth-order valence-electron chi connectivity index (χ4n) is 1.60. The Balaban J connectivity index is 1.92. The molecule has 2 aromatic rings. The van der Waals surface area contributed by atoms with E-state index in [1.165, 1.54) is 0 Å². The molecule has 0 spiro atoms. The van der Waals surface area contributed by atoms with Crippen LogP contribution in [-0.4, -0.2) is 28.6 Å². The van der Waals surface area contributed by atoms with Crippen molar-refractivity contribution < 1.29 is 19.1 Å². The number of carbonyl (C=O) groups excluding carboxylic acids is 2. The lowest BCUT2D eigenvalue weighted by molar-refractivity contribution is 0.0519. The molecule has 7 nitrogen and oxygen atoms in total. The molecule has 0 aliphatic carbocycles. The molecular weight excluding hydrogens is 354 g/mol. The fraction of sp³-hybridized carbons (Fsp3) is 0.214. The molecule has 2 N–H and O–H groups in total. The van der Waals surface area contributed by atoms with E-state index >= 15 is 0 Å². The quantitative estimate of drug-likeness (QED) is 0.791. The largest absolute Gasteiger partial charge is 0.461 e. The topological polar surface area (TPSA) is 93.3 Å². The molecule has 0 saturated carbocycles. The molecule has 0 radical (unpaired) electrons. The molecule has 0 fully saturated rings. The van der Waals surface area contributed by atoms with Crippen molar-refractivity contribution in [3.63, 3.8) is 0 Å². The summed E-state index contributed by atoms with van der Waals surface area (Å²) >= 11 is 3.14. The Bertz CT molecular complexity index is 657. The maximum atomic E-state index is 11.7. The minimum absolute atomic E-state index is 0.0557. The number of ether oxygens (including phenoxy) is 2. The van der Waals surface area contributed by atoms with Gasteiger partial charge in [-0.25, -0.2) is 14.6 Å². The number of amides is 1. The molecule has 0 aliphatic heterocycles. The van der Waals surface area contributed by atoms with Crippen LogP contribution >= 0.6 is 15.9 Å². The van der Waals surface area contributed by atoms with Crippen molar-refractivity contribution in [3.8, 4) is 0 Å². The van der Waals surface area contributed by atoms with E-state index in [1.54, 1.807) is 6.92 Å². The van der Waals surface area contributed by atoms with Crippen LogP contribution in [0, 0.1) is 0 Å². The van der Waals surface area contributed by atoms with Crippen LogP contribution in [0.5, 0.6) is 0 Å². The molecule has 22 heavy (non-hydrogen) atoms. The molecule has 1 aromatic carbocycles. The van der Waals surface area contributed by atoms with Gasteiger partial charge in [0.05, 0.1) is 6.61 Å².